The highest BCUT2D eigenvalue weighted by molar-refractivity contribution is 5.73. The zero-order valence-corrected chi connectivity index (χ0v) is 7.89. The highest BCUT2D eigenvalue weighted by Crippen LogP contribution is 2.41. The largest absolute Gasteiger partial charge is 0.481 e. The Labute approximate surface area is 82.8 Å². The fourth-order valence-corrected chi connectivity index (χ4v) is 1.75. The number of carboxylic acids is 1. The number of rotatable bonds is 4. The number of aryl methyl sites for hydroxylation is 1. The number of carboxylic acid groups (broad SMARTS) is 1. The monoisotopic (exact) mass is 191 g/mol. The van der Waals surface area contributed by atoms with E-state index < -0.39 is 5.97 Å². The third-order valence-electron chi connectivity index (χ3n) is 2.74. The molecule has 1 aliphatic carbocycles. The number of hydrogen-bond donors (Lipinski definition) is 1. The van der Waals surface area contributed by atoms with Crippen LogP contribution in [0.25, 0.3) is 0 Å². The molecule has 1 fully saturated rings. The minimum Gasteiger partial charge on any atom is -0.481 e. The lowest BCUT2D eigenvalue weighted by Crippen LogP contribution is -2.00. The first-order chi connectivity index (χ1) is 6.77. The van der Waals surface area contributed by atoms with E-state index in [1.165, 1.54) is 0 Å². The van der Waals surface area contributed by atoms with E-state index >= 15 is 0 Å². The number of aromatic nitrogens is 1. The Morgan fingerprint density at radius 1 is 1.57 bits per heavy atom. The Hall–Kier alpha value is -1.38. The summed E-state index contributed by atoms with van der Waals surface area (Å²) in [6, 6.07) is 5.84. The second-order valence-corrected chi connectivity index (χ2v) is 3.80. The van der Waals surface area contributed by atoms with E-state index in [9.17, 15) is 4.79 Å². The van der Waals surface area contributed by atoms with Crippen molar-refractivity contribution in [1.29, 1.82) is 0 Å². The van der Waals surface area contributed by atoms with Crippen LogP contribution < -0.4 is 0 Å². The van der Waals surface area contributed by atoms with E-state index in [4.69, 9.17) is 5.11 Å². The number of carbonyl (C=O) groups is 1. The highest BCUT2D eigenvalue weighted by Gasteiger charge is 2.42. The Kier molecular flexibility index (Phi) is 2.48. The molecule has 0 aliphatic heterocycles. The third kappa shape index (κ3) is 2.10. The molecular formula is C11H13NO2. The van der Waals surface area contributed by atoms with Crippen LogP contribution in [-0.4, -0.2) is 16.1 Å². The third-order valence-corrected chi connectivity index (χ3v) is 2.74. The van der Waals surface area contributed by atoms with Crippen molar-refractivity contribution in [3.8, 4) is 0 Å². The molecule has 1 aromatic heterocycles. The molecule has 1 heterocycles. The normalized spacial score (nSPS) is 24.6. The van der Waals surface area contributed by atoms with Gasteiger partial charge in [-0.1, -0.05) is 6.07 Å². The summed E-state index contributed by atoms with van der Waals surface area (Å²) in [4.78, 5) is 14.8. The van der Waals surface area contributed by atoms with Gasteiger partial charge in [-0.3, -0.25) is 9.78 Å². The van der Waals surface area contributed by atoms with Gasteiger partial charge in [0, 0.05) is 11.9 Å². The standard InChI is InChI=1S/C11H13NO2/c13-11(14)10-7-8(10)4-5-9-3-1-2-6-12-9/h1-3,6,8,10H,4-5,7H2,(H,13,14). The van der Waals surface area contributed by atoms with E-state index in [1.807, 2.05) is 18.2 Å². The van der Waals surface area contributed by atoms with Crippen molar-refractivity contribution in [1.82, 2.24) is 4.98 Å². The molecule has 74 valence electrons. The molecule has 0 amide bonds. The van der Waals surface area contributed by atoms with Gasteiger partial charge in [0.25, 0.3) is 0 Å². The average molecular weight is 191 g/mol. The lowest BCUT2D eigenvalue weighted by molar-refractivity contribution is -0.138. The van der Waals surface area contributed by atoms with E-state index in [2.05, 4.69) is 4.98 Å². The summed E-state index contributed by atoms with van der Waals surface area (Å²) in [5, 5.41) is 8.71. The molecule has 2 rings (SSSR count). The second-order valence-electron chi connectivity index (χ2n) is 3.80. The van der Waals surface area contributed by atoms with E-state index in [0.717, 1.165) is 25.0 Å². The molecule has 0 radical (unpaired) electrons. The van der Waals surface area contributed by atoms with Crippen molar-refractivity contribution in [3.05, 3.63) is 30.1 Å². The molecule has 1 aliphatic rings. The summed E-state index contributed by atoms with van der Waals surface area (Å²) >= 11 is 0. The molecule has 2 atom stereocenters. The zero-order chi connectivity index (χ0) is 9.97. The molecule has 1 saturated carbocycles. The van der Waals surface area contributed by atoms with Crippen LogP contribution in [0.4, 0.5) is 0 Å². The van der Waals surface area contributed by atoms with Crippen LogP contribution >= 0.6 is 0 Å². The lowest BCUT2D eigenvalue weighted by Gasteiger charge is -1.98. The topological polar surface area (TPSA) is 50.2 Å². The van der Waals surface area contributed by atoms with Gasteiger partial charge in [-0.2, -0.15) is 0 Å². The van der Waals surface area contributed by atoms with Crippen molar-refractivity contribution in [3.63, 3.8) is 0 Å². The van der Waals surface area contributed by atoms with Crippen molar-refractivity contribution in [2.45, 2.75) is 19.3 Å². The summed E-state index contributed by atoms with van der Waals surface area (Å²) in [7, 11) is 0. The molecule has 14 heavy (non-hydrogen) atoms. The van der Waals surface area contributed by atoms with Gasteiger partial charge in [0.15, 0.2) is 0 Å². The van der Waals surface area contributed by atoms with Gasteiger partial charge in [-0.05, 0) is 37.3 Å². The lowest BCUT2D eigenvalue weighted by atomic mass is 10.1. The van der Waals surface area contributed by atoms with E-state index in [1.54, 1.807) is 6.20 Å². The van der Waals surface area contributed by atoms with Crippen molar-refractivity contribution >= 4 is 5.97 Å². The first-order valence-electron chi connectivity index (χ1n) is 4.90. The number of pyridine rings is 1. The van der Waals surface area contributed by atoms with Crippen LogP contribution in [0.15, 0.2) is 24.4 Å². The maximum absolute atomic E-state index is 10.6. The molecule has 0 spiro atoms. The highest BCUT2D eigenvalue weighted by atomic mass is 16.4. The fraction of sp³-hybridized carbons (Fsp3) is 0.455. The number of nitrogens with zero attached hydrogens (tertiary/aromatic N) is 1. The SMILES string of the molecule is O=C(O)C1CC1CCc1ccccn1. The molecule has 0 saturated heterocycles. The van der Waals surface area contributed by atoms with Gasteiger partial charge in [0.1, 0.15) is 0 Å². The molecular weight excluding hydrogens is 178 g/mol. The van der Waals surface area contributed by atoms with E-state index in [0.29, 0.717) is 5.92 Å². The Morgan fingerprint density at radius 2 is 2.43 bits per heavy atom. The van der Waals surface area contributed by atoms with Crippen molar-refractivity contribution in [2.24, 2.45) is 11.8 Å². The minimum absolute atomic E-state index is 0.0845. The predicted octanol–water partition coefficient (Wildman–Crippen LogP) is 1.73. The average Bonchev–Trinajstić information content (AvgIpc) is 2.96. The number of aliphatic carboxylic acids is 1. The van der Waals surface area contributed by atoms with Gasteiger partial charge >= 0.3 is 5.97 Å². The summed E-state index contributed by atoms with van der Waals surface area (Å²) < 4.78 is 0. The van der Waals surface area contributed by atoms with Gasteiger partial charge in [-0.25, -0.2) is 0 Å². The van der Waals surface area contributed by atoms with Gasteiger partial charge in [0.05, 0.1) is 5.92 Å². The summed E-state index contributed by atoms with van der Waals surface area (Å²) in [5.74, 6) is -0.343. The Morgan fingerprint density at radius 3 is 3.00 bits per heavy atom. The van der Waals surface area contributed by atoms with Crippen LogP contribution in [0.1, 0.15) is 18.5 Å². The molecule has 1 aromatic rings. The van der Waals surface area contributed by atoms with Crippen LogP contribution in [0.5, 0.6) is 0 Å². The summed E-state index contributed by atoms with van der Waals surface area (Å²) in [5.41, 5.74) is 1.06. The first-order valence-corrected chi connectivity index (χ1v) is 4.90. The van der Waals surface area contributed by atoms with Crippen LogP contribution in [0, 0.1) is 11.8 Å². The maximum atomic E-state index is 10.6. The Bertz CT molecular complexity index is 323. The van der Waals surface area contributed by atoms with Gasteiger partial charge in [0.2, 0.25) is 0 Å². The van der Waals surface area contributed by atoms with E-state index in [-0.39, 0.29) is 5.92 Å². The van der Waals surface area contributed by atoms with Crippen molar-refractivity contribution < 1.29 is 9.90 Å². The second kappa shape index (κ2) is 3.78. The van der Waals surface area contributed by atoms with Crippen LogP contribution in [0.3, 0.4) is 0 Å². The van der Waals surface area contributed by atoms with Crippen LogP contribution in [-0.2, 0) is 11.2 Å². The van der Waals surface area contributed by atoms with Crippen molar-refractivity contribution in [2.75, 3.05) is 0 Å². The molecule has 2 unspecified atom stereocenters. The smallest absolute Gasteiger partial charge is 0.306 e. The number of hydrogen-bond acceptors (Lipinski definition) is 2. The fourth-order valence-electron chi connectivity index (χ4n) is 1.75. The van der Waals surface area contributed by atoms with Gasteiger partial charge in [-0.15, -0.1) is 0 Å². The summed E-state index contributed by atoms with van der Waals surface area (Å²) in [6.07, 6.45) is 4.47. The van der Waals surface area contributed by atoms with Gasteiger partial charge < -0.3 is 5.11 Å². The first kappa shape index (κ1) is 9.19. The quantitative estimate of drug-likeness (QED) is 0.788. The van der Waals surface area contributed by atoms with Crippen LogP contribution in [0.2, 0.25) is 0 Å². The Balaban J connectivity index is 1.77. The minimum atomic E-state index is -0.643. The maximum Gasteiger partial charge on any atom is 0.306 e. The molecule has 1 N–H and O–H groups in total. The molecule has 3 heteroatoms. The molecule has 3 nitrogen and oxygen atoms in total. The molecule has 0 aromatic carbocycles. The predicted molar refractivity (Wildman–Crippen MR) is 51.8 cm³/mol. The zero-order valence-electron chi connectivity index (χ0n) is 7.89. The molecule has 0 bridgehead atoms. The summed E-state index contributed by atoms with van der Waals surface area (Å²) in [6.45, 7) is 0.